The zero-order chi connectivity index (χ0) is 11.4. The first kappa shape index (κ1) is 11.3. The van der Waals surface area contributed by atoms with E-state index in [1.54, 1.807) is 11.8 Å². The molecule has 0 aliphatic carbocycles. The van der Waals surface area contributed by atoms with Crippen LogP contribution in [0.1, 0.15) is 12.8 Å². The summed E-state index contributed by atoms with van der Waals surface area (Å²) in [6.45, 7) is 0.809. The molecule has 86 valence electrons. The van der Waals surface area contributed by atoms with Gasteiger partial charge in [-0.25, -0.2) is 0 Å². The van der Waals surface area contributed by atoms with E-state index >= 15 is 0 Å². The summed E-state index contributed by atoms with van der Waals surface area (Å²) in [4.78, 5) is 12.3. The highest BCUT2D eigenvalue weighted by molar-refractivity contribution is 7.98. The van der Waals surface area contributed by atoms with Gasteiger partial charge in [-0.15, -0.1) is 11.8 Å². The average Bonchev–Trinajstić information content (AvgIpc) is 2.73. The molecule has 1 fully saturated rings. The minimum atomic E-state index is 0.171. The summed E-state index contributed by atoms with van der Waals surface area (Å²) in [7, 11) is 0. The highest BCUT2D eigenvalue weighted by atomic mass is 32.2. The van der Waals surface area contributed by atoms with Gasteiger partial charge >= 0.3 is 0 Å². The first-order valence-corrected chi connectivity index (χ1v) is 6.68. The van der Waals surface area contributed by atoms with Crippen LogP contribution in [-0.4, -0.2) is 24.7 Å². The summed E-state index contributed by atoms with van der Waals surface area (Å²) in [5.41, 5.74) is 1.15. The van der Waals surface area contributed by atoms with Gasteiger partial charge in [-0.3, -0.25) is 4.79 Å². The first-order chi connectivity index (χ1) is 7.79. The molecule has 4 heteroatoms. The van der Waals surface area contributed by atoms with Gasteiger partial charge in [0.1, 0.15) is 0 Å². The van der Waals surface area contributed by atoms with E-state index in [0.29, 0.717) is 6.42 Å². The van der Waals surface area contributed by atoms with Gasteiger partial charge in [0.25, 0.3) is 0 Å². The van der Waals surface area contributed by atoms with E-state index in [4.69, 9.17) is 0 Å². The second kappa shape index (κ2) is 5.25. The van der Waals surface area contributed by atoms with Crippen LogP contribution in [0.2, 0.25) is 0 Å². The molecule has 1 atom stereocenters. The number of rotatable bonds is 4. The highest BCUT2D eigenvalue weighted by Crippen LogP contribution is 2.24. The number of thioether (sulfide) groups is 1. The number of carbonyl (C=O) groups excluding carboxylic acids is 1. The quantitative estimate of drug-likeness (QED) is 0.787. The molecule has 0 saturated carbocycles. The number of hydrogen-bond acceptors (Lipinski definition) is 3. The number of hydrogen-bond donors (Lipinski definition) is 2. The van der Waals surface area contributed by atoms with Crippen molar-refractivity contribution in [1.29, 1.82) is 0 Å². The molecular weight excluding hydrogens is 220 g/mol. The molecule has 1 aromatic carbocycles. The van der Waals surface area contributed by atoms with Crippen molar-refractivity contribution in [3.05, 3.63) is 24.3 Å². The van der Waals surface area contributed by atoms with Crippen molar-refractivity contribution in [3.8, 4) is 0 Å². The number of benzene rings is 1. The Morgan fingerprint density at radius 3 is 3.00 bits per heavy atom. The lowest BCUT2D eigenvalue weighted by Crippen LogP contribution is -2.31. The maximum atomic E-state index is 11.0. The molecule has 0 bridgehead atoms. The summed E-state index contributed by atoms with van der Waals surface area (Å²) in [6, 6.07) is 8.51. The van der Waals surface area contributed by atoms with Gasteiger partial charge in [-0.05, 0) is 24.8 Å². The van der Waals surface area contributed by atoms with Crippen LogP contribution in [0.15, 0.2) is 29.2 Å². The third kappa shape index (κ3) is 2.70. The van der Waals surface area contributed by atoms with E-state index in [9.17, 15) is 4.79 Å². The lowest BCUT2D eigenvalue weighted by atomic mass is 10.2. The predicted molar refractivity (Wildman–Crippen MR) is 67.9 cm³/mol. The van der Waals surface area contributed by atoms with Crippen LogP contribution < -0.4 is 10.6 Å². The minimum Gasteiger partial charge on any atom is -0.382 e. The lowest BCUT2D eigenvalue weighted by Gasteiger charge is -2.14. The van der Waals surface area contributed by atoms with Crippen molar-refractivity contribution < 1.29 is 4.79 Å². The van der Waals surface area contributed by atoms with Crippen LogP contribution in [0.3, 0.4) is 0 Å². The molecule has 2 rings (SSSR count). The maximum absolute atomic E-state index is 11.0. The zero-order valence-electron chi connectivity index (χ0n) is 9.32. The van der Waals surface area contributed by atoms with Gasteiger partial charge in [-0.1, -0.05) is 12.1 Å². The van der Waals surface area contributed by atoms with E-state index in [0.717, 1.165) is 18.7 Å². The molecule has 1 unspecified atom stereocenters. The second-order valence-corrected chi connectivity index (χ2v) is 4.73. The molecule has 2 N–H and O–H groups in total. The largest absolute Gasteiger partial charge is 0.382 e. The van der Waals surface area contributed by atoms with Crippen LogP contribution in [-0.2, 0) is 4.79 Å². The SMILES string of the molecule is CSc1ccccc1NCC1CCC(=O)N1. The van der Waals surface area contributed by atoms with Crippen LogP contribution >= 0.6 is 11.8 Å². The molecule has 1 aliphatic rings. The molecule has 0 radical (unpaired) electrons. The van der Waals surface area contributed by atoms with Crippen molar-refractivity contribution in [2.75, 3.05) is 18.1 Å². The van der Waals surface area contributed by atoms with Crippen molar-refractivity contribution in [3.63, 3.8) is 0 Å². The number of para-hydroxylation sites is 1. The Labute approximate surface area is 100.0 Å². The molecule has 1 saturated heterocycles. The molecular formula is C12H16N2OS. The Morgan fingerprint density at radius 1 is 1.50 bits per heavy atom. The van der Waals surface area contributed by atoms with E-state index in [1.807, 2.05) is 12.1 Å². The standard InChI is InChI=1S/C12H16N2OS/c1-16-11-5-3-2-4-10(11)13-8-9-6-7-12(15)14-9/h2-5,9,13H,6-8H2,1H3,(H,14,15). The third-order valence-electron chi connectivity index (χ3n) is 2.73. The molecule has 3 nitrogen and oxygen atoms in total. The van der Waals surface area contributed by atoms with Crippen LogP contribution in [0, 0.1) is 0 Å². The summed E-state index contributed by atoms with van der Waals surface area (Å²) in [5.74, 6) is 0.171. The van der Waals surface area contributed by atoms with Crippen LogP contribution in [0.4, 0.5) is 5.69 Å². The Hall–Kier alpha value is -1.16. The third-order valence-corrected chi connectivity index (χ3v) is 3.53. The van der Waals surface area contributed by atoms with E-state index in [-0.39, 0.29) is 11.9 Å². The van der Waals surface area contributed by atoms with Gasteiger partial charge in [0.05, 0.1) is 0 Å². The molecule has 0 aromatic heterocycles. The summed E-state index contributed by atoms with van der Waals surface area (Å²) >= 11 is 1.73. The fourth-order valence-electron chi connectivity index (χ4n) is 1.85. The van der Waals surface area contributed by atoms with Gasteiger partial charge < -0.3 is 10.6 Å². The highest BCUT2D eigenvalue weighted by Gasteiger charge is 2.20. The smallest absolute Gasteiger partial charge is 0.220 e. The second-order valence-electron chi connectivity index (χ2n) is 3.88. The lowest BCUT2D eigenvalue weighted by molar-refractivity contribution is -0.119. The van der Waals surface area contributed by atoms with Crippen LogP contribution in [0.5, 0.6) is 0 Å². The fraction of sp³-hybridized carbons (Fsp3) is 0.417. The van der Waals surface area contributed by atoms with Gasteiger partial charge in [0, 0.05) is 29.6 Å². The monoisotopic (exact) mass is 236 g/mol. The summed E-state index contributed by atoms with van der Waals surface area (Å²) in [5, 5.41) is 6.34. The van der Waals surface area contributed by atoms with E-state index in [1.165, 1.54) is 4.90 Å². The van der Waals surface area contributed by atoms with Crippen molar-refractivity contribution in [2.24, 2.45) is 0 Å². The van der Waals surface area contributed by atoms with E-state index in [2.05, 4.69) is 29.0 Å². The molecule has 1 heterocycles. The van der Waals surface area contributed by atoms with Crippen molar-refractivity contribution in [2.45, 2.75) is 23.8 Å². The minimum absolute atomic E-state index is 0.171. The number of nitrogens with one attached hydrogen (secondary N) is 2. The number of carbonyl (C=O) groups is 1. The Morgan fingerprint density at radius 2 is 2.31 bits per heavy atom. The molecule has 16 heavy (non-hydrogen) atoms. The molecule has 1 aliphatic heterocycles. The topological polar surface area (TPSA) is 41.1 Å². The van der Waals surface area contributed by atoms with Gasteiger partial charge in [0.15, 0.2) is 0 Å². The normalized spacial score (nSPS) is 19.6. The molecule has 1 aromatic rings. The number of amides is 1. The maximum Gasteiger partial charge on any atom is 0.220 e. The Bertz CT molecular complexity index is 381. The predicted octanol–water partition coefficient (Wildman–Crippen LogP) is 2.10. The molecule has 0 spiro atoms. The average molecular weight is 236 g/mol. The van der Waals surface area contributed by atoms with Crippen LogP contribution in [0.25, 0.3) is 0 Å². The van der Waals surface area contributed by atoms with Crippen molar-refractivity contribution in [1.82, 2.24) is 5.32 Å². The zero-order valence-corrected chi connectivity index (χ0v) is 10.1. The summed E-state index contributed by atoms with van der Waals surface area (Å²) in [6.07, 6.45) is 3.67. The van der Waals surface area contributed by atoms with Gasteiger partial charge in [-0.2, -0.15) is 0 Å². The Balaban J connectivity index is 1.91. The fourth-order valence-corrected chi connectivity index (χ4v) is 2.43. The Kier molecular flexibility index (Phi) is 3.72. The van der Waals surface area contributed by atoms with E-state index < -0.39 is 0 Å². The first-order valence-electron chi connectivity index (χ1n) is 5.46. The van der Waals surface area contributed by atoms with Crippen molar-refractivity contribution >= 4 is 23.4 Å². The number of anilines is 1. The summed E-state index contributed by atoms with van der Waals surface area (Å²) < 4.78 is 0. The molecule has 1 amide bonds. The van der Waals surface area contributed by atoms with Gasteiger partial charge in [0.2, 0.25) is 5.91 Å².